The van der Waals surface area contributed by atoms with Gasteiger partial charge in [0, 0.05) is 37.5 Å². The summed E-state index contributed by atoms with van der Waals surface area (Å²) in [5.41, 5.74) is 4.13. The van der Waals surface area contributed by atoms with Crippen LogP contribution >= 0.6 is 0 Å². The van der Waals surface area contributed by atoms with Crippen LogP contribution in [0.3, 0.4) is 0 Å². The lowest BCUT2D eigenvalue weighted by molar-refractivity contribution is -0.118. The minimum atomic E-state index is -3.69. The summed E-state index contributed by atoms with van der Waals surface area (Å²) in [5, 5.41) is 4.52. The molecule has 3 aromatic rings. The maximum atomic E-state index is 13.6. The third-order valence-corrected chi connectivity index (χ3v) is 8.12. The van der Waals surface area contributed by atoms with Gasteiger partial charge in [-0.2, -0.15) is 9.40 Å². The normalized spacial score (nSPS) is 19.3. The minimum Gasteiger partial charge on any atom is -0.312 e. The topological polar surface area (TPSA) is 87.9 Å². The third-order valence-electron chi connectivity index (χ3n) is 6.21. The molecule has 1 fully saturated rings. The van der Waals surface area contributed by atoms with E-state index in [9.17, 15) is 13.2 Å². The summed E-state index contributed by atoms with van der Waals surface area (Å²) in [6.07, 6.45) is 4.34. The summed E-state index contributed by atoms with van der Waals surface area (Å²) in [4.78, 5) is 18.5. The fourth-order valence-electron chi connectivity index (χ4n) is 4.73. The summed E-state index contributed by atoms with van der Waals surface area (Å²) in [6.45, 7) is 4.81. The largest absolute Gasteiger partial charge is 0.312 e. The first kappa shape index (κ1) is 20.1. The highest BCUT2D eigenvalue weighted by atomic mass is 32.2. The number of amides is 1. The summed E-state index contributed by atoms with van der Waals surface area (Å²) < 4.78 is 30.6. The Morgan fingerprint density at radius 1 is 1.19 bits per heavy atom. The van der Waals surface area contributed by atoms with E-state index in [1.54, 1.807) is 38.1 Å². The van der Waals surface area contributed by atoms with Gasteiger partial charge in [0.1, 0.15) is 0 Å². The Labute approximate surface area is 181 Å². The number of aryl methyl sites for hydroxylation is 1. The standard InChI is InChI=1S/C22H25N5O3S/c1-3-22(28)25-12-9-16-14-17(6-7-18(16)25)31(29,30)26-11-4-5-19(26)20-8-10-23-21-13-15(2)24-27(20)21/h6-8,10,13-14,19H,3-5,9,11-12H2,1-2H3/t19-/m0/s1. The first-order valence-corrected chi connectivity index (χ1v) is 12.1. The molecule has 9 heteroatoms. The van der Waals surface area contributed by atoms with Crippen LogP contribution in [0.25, 0.3) is 5.65 Å². The van der Waals surface area contributed by atoms with E-state index in [1.807, 2.05) is 26.0 Å². The number of carbonyl (C=O) groups is 1. The van der Waals surface area contributed by atoms with Gasteiger partial charge in [0.2, 0.25) is 15.9 Å². The van der Waals surface area contributed by atoms with Gasteiger partial charge in [-0.15, -0.1) is 0 Å². The third kappa shape index (κ3) is 3.23. The van der Waals surface area contributed by atoms with Crippen LogP contribution in [0, 0.1) is 6.92 Å². The Balaban J connectivity index is 1.51. The summed E-state index contributed by atoms with van der Waals surface area (Å²) >= 11 is 0. The van der Waals surface area contributed by atoms with Crippen LogP contribution in [-0.2, 0) is 21.2 Å². The zero-order chi connectivity index (χ0) is 21.8. The van der Waals surface area contributed by atoms with Gasteiger partial charge in [-0.25, -0.2) is 17.9 Å². The van der Waals surface area contributed by atoms with Crippen molar-refractivity contribution in [3.8, 4) is 0 Å². The van der Waals surface area contributed by atoms with Crippen molar-refractivity contribution < 1.29 is 13.2 Å². The molecular formula is C22H25N5O3S. The quantitative estimate of drug-likeness (QED) is 0.624. The second kappa shape index (κ2) is 7.42. The number of rotatable bonds is 4. The molecule has 1 aromatic carbocycles. The molecule has 2 aromatic heterocycles. The van der Waals surface area contributed by atoms with E-state index in [2.05, 4.69) is 10.1 Å². The maximum absolute atomic E-state index is 13.6. The average molecular weight is 440 g/mol. The van der Waals surface area contributed by atoms with Crippen molar-refractivity contribution in [3.63, 3.8) is 0 Å². The Bertz CT molecular complexity index is 1280. The smallest absolute Gasteiger partial charge is 0.243 e. The highest BCUT2D eigenvalue weighted by Crippen LogP contribution is 2.38. The fraction of sp³-hybridized carbons (Fsp3) is 0.409. The first-order valence-electron chi connectivity index (χ1n) is 10.7. The molecule has 0 N–H and O–H groups in total. The van der Waals surface area contributed by atoms with Crippen molar-refractivity contribution in [1.29, 1.82) is 0 Å². The molecule has 0 radical (unpaired) electrons. The number of nitrogens with zero attached hydrogens (tertiary/aromatic N) is 5. The molecule has 2 aliphatic rings. The second-order valence-electron chi connectivity index (χ2n) is 8.14. The van der Waals surface area contributed by atoms with E-state index in [-0.39, 0.29) is 16.8 Å². The molecule has 4 heterocycles. The highest BCUT2D eigenvalue weighted by Gasteiger charge is 2.38. The monoisotopic (exact) mass is 439 g/mol. The van der Waals surface area contributed by atoms with Crippen molar-refractivity contribution in [3.05, 3.63) is 53.5 Å². The molecule has 31 heavy (non-hydrogen) atoms. The summed E-state index contributed by atoms with van der Waals surface area (Å²) in [7, 11) is -3.69. The van der Waals surface area contributed by atoms with E-state index in [1.165, 1.54) is 0 Å². The lowest BCUT2D eigenvalue weighted by atomic mass is 10.1. The molecule has 8 nitrogen and oxygen atoms in total. The number of hydrogen-bond donors (Lipinski definition) is 0. The molecule has 0 bridgehead atoms. The predicted octanol–water partition coefficient (Wildman–Crippen LogP) is 2.86. The van der Waals surface area contributed by atoms with Crippen molar-refractivity contribution in [2.45, 2.75) is 50.5 Å². The average Bonchev–Trinajstić information content (AvgIpc) is 3.49. The van der Waals surface area contributed by atoms with Gasteiger partial charge in [-0.1, -0.05) is 6.92 Å². The Hall–Kier alpha value is -2.78. The highest BCUT2D eigenvalue weighted by molar-refractivity contribution is 7.89. The van der Waals surface area contributed by atoms with Gasteiger partial charge < -0.3 is 4.90 Å². The number of hydrogen-bond acceptors (Lipinski definition) is 5. The maximum Gasteiger partial charge on any atom is 0.243 e. The van der Waals surface area contributed by atoms with Gasteiger partial charge in [0.15, 0.2) is 5.65 Å². The number of fused-ring (bicyclic) bond motifs is 2. The van der Waals surface area contributed by atoms with Crippen LogP contribution in [-0.4, -0.2) is 46.3 Å². The van der Waals surface area contributed by atoms with Crippen molar-refractivity contribution >= 4 is 27.3 Å². The van der Waals surface area contributed by atoms with Gasteiger partial charge in [-0.05, 0) is 56.0 Å². The van der Waals surface area contributed by atoms with Crippen molar-refractivity contribution in [2.24, 2.45) is 0 Å². The van der Waals surface area contributed by atoms with Gasteiger partial charge >= 0.3 is 0 Å². The number of benzene rings is 1. The van der Waals surface area contributed by atoms with Crippen LogP contribution in [0.4, 0.5) is 5.69 Å². The second-order valence-corrected chi connectivity index (χ2v) is 10.0. The lowest BCUT2D eigenvalue weighted by Gasteiger charge is -2.25. The molecule has 0 unspecified atom stereocenters. The summed E-state index contributed by atoms with van der Waals surface area (Å²) in [6, 6.07) is 8.60. The fourth-order valence-corrected chi connectivity index (χ4v) is 6.45. The molecule has 162 valence electrons. The summed E-state index contributed by atoms with van der Waals surface area (Å²) in [5.74, 6) is 0.0604. The molecule has 0 spiro atoms. The predicted molar refractivity (Wildman–Crippen MR) is 116 cm³/mol. The molecule has 1 amide bonds. The molecule has 5 rings (SSSR count). The Morgan fingerprint density at radius 3 is 2.84 bits per heavy atom. The van der Waals surface area contributed by atoms with E-state index < -0.39 is 10.0 Å². The minimum absolute atomic E-state index is 0.0604. The van der Waals surface area contributed by atoms with Crippen LogP contribution < -0.4 is 4.90 Å². The van der Waals surface area contributed by atoms with Crippen LogP contribution in [0.15, 0.2) is 41.4 Å². The van der Waals surface area contributed by atoms with Crippen LogP contribution in [0.2, 0.25) is 0 Å². The zero-order valence-corrected chi connectivity index (χ0v) is 18.5. The van der Waals surface area contributed by atoms with Gasteiger partial charge in [0.25, 0.3) is 0 Å². The molecular weight excluding hydrogens is 414 g/mol. The lowest BCUT2D eigenvalue weighted by Crippen LogP contribution is -2.32. The molecule has 0 aliphatic carbocycles. The van der Waals surface area contributed by atoms with E-state index in [4.69, 9.17) is 0 Å². The molecule has 2 aliphatic heterocycles. The van der Waals surface area contributed by atoms with Crippen LogP contribution in [0.5, 0.6) is 0 Å². The van der Waals surface area contributed by atoms with Crippen molar-refractivity contribution in [1.82, 2.24) is 18.9 Å². The number of aromatic nitrogens is 3. The zero-order valence-electron chi connectivity index (χ0n) is 17.7. The molecule has 0 saturated carbocycles. The number of sulfonamides is 1. The van der Waals surface area contributed by atoms with E-state index >= 15 is 0 Å². The van der Waals surface area contributed by atoms with Gasteiger partial charge in [0.05, 0.1) is 22.3 Å². The van der Waals surface area contributed by atoms with E-state index in [0.29, 0.717) is 25.9 Å². The first-order chi connectivity index (χ1) is 14.9. The Morgan fingerprint density at radius 2 is 2.03 bits per heavy atom. The van der Waals surface area contributed by atoms with Crippen LogP contribution in [0.1, 0.15) is 49.2 Å². The Kier molecular flexibility index (Phi) is 4.82. The number of anilines is 1. The SMILES string of the molecule is CCC(=O)N1CCc2cc(S(=O)(=O)N3CCC[C@H]3c3ccnc4cc(C)nn34)ccc21. The van der Waals surface area contributed by atoms with Crippen molar-refractivity contribution in [2.75, 3.05) is 18.0 Å². The van der Waals surface area contributed by atoms with E-state index in [0.717, 1.165) is 41.1 Å². The molecule has 1 saturated heterocycles. The number of carbonyl (C=O) groups excluding carboxylic acids is 1. The van der Waals surface area contributed by atoms with Gasteiger partial charge in [-0.3, -0.25) is 4.79 Å². The molecule has 1 atom stereocenters.